The minimum atomic E-state index is -3.75. The molecule has 1 saturated heterocycles. The highest BCUT2D eigenvalue weighted by Crippen LogP contribution is 2.34. The molecular weight excluding hydrogens is 298 g/mol. The number of nitrogens with one attached hydrogen (secondary N) is 1. The van der Waals surface area contributed by atoms with Gasteiger partial charge >= 0.3 is 0 Å². The summed E-state index contributed by atoms with van der Waals surface area (Å²) in [5, 5.41) is 6.83. The SMILES string of the molecule is NS(=O)(=O)C1CC(=O)N(c2ccc3c(c2)OCC(=O)N3)C1. The topological polar surface area (TPSA) is 119 Å². The van der Waals surface area contributed by atoms with Gasteiger partial charge in [0.25, 0.3) is 5.91 Å². The van der Waals surface area contributed by atoms with Crippen LogP contribution in [0.2, 0.25) is 0 Å². The molecule has 2 heterocycles. The zero-order valence-corrected chi connectivity index (χ0v) is 11.7. The van der Waals surface area contributed by atoms with Crippen LogP contribution in [-0.2, 0) is 19.6 Å². The highest BCUT2D eigenvalue weighted by molar-refractivity contribution is 7.89. The molecule has 0 aliphatic carbocycles. The number of anilines is 2. The number of nitrogens with zero attached hydrogens (tertiary/aromatic N) is 1. The van der Waals surface area contributed by atoms with Gasteiger partial charge in [-0.25, -0.2) is 13.6 Å². The van der Waals surface area contributed by atoms with Crippen molar-refractivity contribution in [3.8, 4) is 5.75 Å². The average molecular weight is 311 g/mol. The highest BCUT2D eigenvalue weighted by Gasteiger charge is 2.37. The van der Waals surface area contributed by atoms with Crippen molar-refractivity contribution in [2.75, 3.05) is 23.4 Å². The van der Waals surface area contributed by atoms with Crippen LogP contribution in [0.25, 0.3) is 0 Å². The summed E-state index contributed by atoms with van der Waals surface area (Å²) >= 11 is 0. The minimum absolute atomic E-state index is 0.0167. The van der Waals surface area contributed by atoms with Crippen molar-refractivity contribution >= 4 is 33.2 Å². The lowest BCUT2D eigenvalue weighted by atomic mass is 10.2. The minimum Gasteiger partial charge on any atom is -0.482 e. The van der Waals surface area contributed by atoms with Gasteiger partial charge in [0.05, 0.1) is 5.69 Å². The molecule has 3 rings (SSSR count). The molecule has 9 heteroatoms. The number of benzene rings is 1. The van der Waals surface area contributed by atoms with Crippen LogP contribution >= 0.6 is 0 Å². The summed E-state index contributed by atoms with van der Waals surface area (Å²) in [5.74, 6) is -0.116. The molecule has 0 radical (unpaired) electrons. The fraction of sp³-hybridized carbons (Fsp3) is 0.333. The molecule has 2 aliphatic rings. The number of fused-ring (bicyclic) bond motifs is 1. The van der Waals surface area contributed by atoms with Gasteiger partial charge in [0.2, 0.25) is 15.9 Å². The predicted octanol–water partition coefficient (Wildman–Crippen LogP) is -0.589. The average Bonchev–Trinajstić information content (AvgIpc) is 2.80. The molecule has 3 N–H and O–H groups in total. The number of hydrogen-bond acceptors (Lipinski definition) is 5. The summed E-state index contributed by atoms with van der Waals surface area (Å²) in [6, 6.07) is 4.83. The molecule has 1 aromatic carbocycles. The monoisotopic (exact) mass is 311 g/mol. The van der Waals surface area contributed by atoms with E-state index in [0.29, 0.717) is 17.1 Å². The molecule has 0 spiro atoms. The maximum atomic E-state index is 11.9. The largest absolute Gasteiger partial charge is 0.482 e. The molecular formula is C12H13N3O5S. The van der Waals surface area contributed by atoms with Crippen molar-refractivity contribution in [3.05, 3.63) is 18.2 Å². The fourth-order valence-corrected chi connectivity index (χ4v) is 3.11. The number of carbonyl (C=O) groups excluding carboxylic acids is 2. The van der Waals surface area contributed by atoms with Crippen molar-refractivity contribution < 1.29 is 22.7 Å². The van der Waals surface area contributed by atoms with Gasteiger partial charge in [-0.15, -0.1) is 0 Å². The van der Waals surface area contributed by atoms with Crippen LogP contribution in [0.15, 0.2) is 18.2 Å². The molecule has 1 unspecified atom stereocenters. The van der Waals surface area contributed by atoms with Gasteiger partial charge in [-0.2, -0.15) is 0 Å². The molecule has 8 nitrogen and oxygen atoms in total. The number of nitrogens with two attached hydrogens (primary N) is 1. The molecule has 0 aromatic heterocycles. The maximum Gasteiger partial charge on any atom is 0.262 e. The Morgan fingerprint density at radius 3 is 2.76 bits per heavy atom. The first-order valence-corrected chi connectivity index (χ1v) is 7.84. The smallest absolute Gasteiger partial charge is 0.262 e. The van der Waals surface area contributed by atoms with E-state index < -0.39 is 15.3 Å². The Hall–Kier alpha value is -2.13. The molecule has 0 bridgehead atoms. The van der Waals surface area contributed by atoms with Crippen LogP contribution in [0.1, 0.15) is 6.42 Å². The standard InChI is InChI=1S/C12H13N3O5S/c13-21(18,19)8-4-12(17)15(5-8)7-1-2-9-10(3-7)20-6-11(16)14-9/h1-3,8H,4-6H2,(H,14,16)(H2,13,18,19). The van der Waals surface area contributed by atoms with Crippen LogP contribution in [0.3, 0.4) is 0 Å². The van der Waals surface area contributed by atoms with E-state index in [4.69, 9.17) is 9.88 Å². The number of amides is 2. The van der Waals surface area contributed by atoms with E-state index in [9.17, 15) is 18.0 Å². The van der Waals surface area contributed by atoms with Crippen molar-refractivity contribution in [1.82, 2.24) is 0 Å². The second-order valence-corrected chi connectivity index (χ2v) is 6.78. The number of sulfonamides is 1. The Morgan fingerprint density at radius 1 is 1.33 bits per heavy atom. The predicted molar refractivity (Wildman–Crippen MR) is 74.4 cm³/mol. The van der Waals surface area contributed by atoms with Gasteiger partial charge in [0, 0.05) is 24.7 Å². The molecule has 1 atom stereocenters. The van der Waals surface area contributed by atoms with Crippen LogP contribution in [0.5, 0.6) is 5.75 Å². The van der Waals surface area contributed by atoms with Crippen molar-refractivity contribution in [3.63, 3.8) is 0 Å². The summed E-state index contributed by atoms with van der Waals surface area (Å²) in [4.78, 5) is 24.5. The van der Waals surface area contributed by atoms with Gasteiger partial charge in [-0.05, 0) is 12.1 Å². The Morgan fingerprint density at radius 2 is 2.10 bits per heavy atom. The van der Waals surface area contributed by atoms with E-state index in [0.717, 1.165) is 0 Å². The first-order chi connectivity index (χ1) is 9.84. The van der Waals surface area contributed by atoms with E-state index in [1.165, 1.54) is 4.90 Å². The zero-order chi connectivity index (χ0) is 15.2. The molecule has 2 aliphatic heterocycles. The van der Waals surface area contributed by atoms with Crippen LogP contribution in [-0.4, -0.2) is 38.6 Å². The fourth-order valence-electron chi connectivity index (χ4n) is 2.38. The first kappa shape index (κ1) is 13.8. The van der Waals surface area contributed by atoms with E-state index >= 15 is 0 Å². The second kappa shape index (κ2) is 4.71. The number of primary sulfonamides is 1. The van der Waals surface area contributed by atoms with E-state index in [-0.39, 0.29) is 31.4 Å². The summed E-state index contributed by atoms with van der Waals surface area (Å²) in [7, 11) is -3.75. The molecule has 0 saturated carbocycles. The number of carbonyl (C=O) groups is 2. The van der Waals surface area contributed by atoms with Gasteiger partial charge in [-0.1, -0.05) is 0 Å². The molecule has 21 heavy (non-hydrogen) atoms. The molecule has 112 valence electrons. The first-order valence-electron chi connectivity index (χ1n) is 6.23. The Balaban J connectivity index is 1.88. The number of rotatable bonds is 2. The Bertz CT molecular complexity index is 730. The van der Waals surface area contributed by atoms with E-state index in [1.54, 1.807) is 18.2 Å². The maximum absolute atomic E-state index is 11.9. The van der Waals surface area contributed by atoms with Crippen molar-refractivity contribution in [2.45, 2.75) is 11.7 Å². The normalized spacial score (nSPS) is 21.8. The third-order valence-corrected chi connectivity index (χ3v) is 4.71. The van der Waals surface area contributed by atoms with Crippen LogP contribution in [0.4, 0.5) is 11.4 Å². The second-order valence-electron chi connectivity index (χ2n) is 4.94. The summed E-state index contributed by atoms with van der Waals surface area (Å²) < 4.78 is 28.0. The van der Waals surface area contributed by atoms with Crippen molar-refractivity contribution in [1.29, 1.82) is 0 Å². The third kappa shape index (κ3) is 2.57. The van der Waals surface area contributed by atoms with Crippen LogP contribution in [0, 0.1) is 0 Å². The number of ether oxygens (including phenoxy) is 1. The van der Waals surface area contributed by atoms with Gasteiger partial charge < -0.3 is 15.0 Å². The quantitative estimate of drug-likeness (QED) is 0.757. The Kier molecular flexibility index (Phi) is 3.10. The third-order valence-electron chi connectivity index (χ3n) is 3.46. The van der Waals surface area contributed by atoms with Gasteiger partial charge in [0.15, 0.2) is 6.61 Å². The Labute approximate surface area is 120 Å². The lowest BCUT2D eigenvalue weighted by Gasteiger charge is -2.22. The summed E-state index contributed by atoms with van der Waals surface area (Å²) in [6.45, 7) is -0.0764. The van der Waals surface area contributed by atoms with E-state index in [1.807, 2.05) is 0 Å². The van der Waals surface area contributed by atoms with Gasteiger partial charge in [0.1, 0.15) is 11.0 Å². The zero-order valence-electron chi connectivity index (χ0n) is 10.9. The summed E-state index contributed by atoms with van der Waals surface area (Å²) in [5.41, 5.74) is 1.03. The van der Waals surface area contributed by atoms with Crippen molar-refractivity contribution in [2.24, 2.45) is 5.14 Å². The molecule has 2 amide bonds. The molecule has 1 aromatic rings. The lowest BCUT2D eigenvalue weighted by molar-refractivity contribution is -0.119. The van der Waals surface area contributed by atoms with E-state index in [2.05, 4.69) is 5.32 Å². The van der Waals surface area contributed by atoms with Crippen LogP contribution < -0.4 is 20.1 Å². The molecule has 1 fully saturated rings. The van der Waals surface area contributed by atoms with Gasteiger partial charge in [-0.3, -0.25) is 9.59 Å². The summed E-state index contributed by atoms with van der Waals surface area (Å²) in [6.07, 6.45) is -0.131. The highest BCUT2D eigenvalue weighted by atomic mass is 32.2. The number of hydrogen-bond donors (Lipinski definition) is 2. The lowest BCUT2D eigenvalue weighted by Crippen LogP contribution is -2.32.